The molecule has 1 aliphatic heterocycles. The molecule has 1 aliphatic carbocycles. The maximum absolute atomic E-state index is 12.1. The molecule has 22 heavy (non-hydrogen) atoms. The van der Waals surface area contributed by atoms with Crippen LogP contribution in [0.15, 0.2) is 18.2 Å². The zero-order chi connectivity index (χ0) is 15.4. The monoisotopic (exact) mass is 302 g/mol. The van der Waals surface area contributed by atoms with Crippen molar-refractivity contribution >= 4 is 23.2 Å². The molecule has 1 aromatic rings. The van der Waals surface area contributed by atoms with Crippen LogP contribution >= 0.6 is 0 Å². The fourth-order valence-electron chi connectivity index (χ4n) is 3.19. The highest BCUT2D eigenvalue weighted by Gasteiger charge is 2.17. The van der Waals surface area contributed by atoms with Gasteiger partial charge in [-0.3, -0.25) is 9.59 Å². The molecule has 5 heteroatoms. The van der Waals surface area contributed by atoms with Gasteiger partial charge in [-0.05, 0) is 24.5 Å². The number of rotatable bonds is 4. The second-order valence-electron chi connectivity index (χ2n) is 6.14. The van der Waals surface area contributed by atoms with E-state index >= 15 is 0 Å². The zero-order valence-electron chi connectivity index (χ0n) is 12.7. The summed E-state index contributed by atoms with van der Waals surface area (Å²) < 4.78 is 5.35. The molecule has 2 amide bonds. The van der Waals surface area contributed by atoms with E-state index in [0.29, 0.717) is 29.5 Å². The van der Waals surface area contributed by atoms with Crippen LogP contribution in [0.5, 0.6) is 5.75 Å². The molecule has 0 saturated heterocycles. The number of anilines is 2. The molecule has 2 aliphatic rings. The van der Waals surface area contributed by atoms with Crippen LogP contribution in [-0.2, 0) is 9.59 Å². The first-order valence-electron chi connectivity index (χ1n) is 8.07. The van der Waals surface area contributed by atoms with Crippen LogP contribution in [-0.4, -0.2) is 18.4 Å². The molecular weight excluding hydrogens is 280 g/mol. The molecule has 0 atom stereocenters. The Balaban J connectivity index is 1.52. The zero-order valence-corrected chi connectivity index (χ0v) is 12.7. The molecule has 3 rings (SSSR count). The predicted molar refractivity (Wildman–Crippen MR) is 85.0 cm³/mol. The van der Waals surface area contributed by atoms with Gasteiger partial charge in [0, 0.05) is 18.2 Å². The fourth-order valence-corrected chi connectivity index (χ4v) is 3.19. The van der Waals surface area contributed by atoms with E-state index in [-0.39, 0.29) is 18.4 Å². The lowest BCUT2D eigenvalue weighted by atomic mass is 9.86. The van der Waals surface area contributed by atoms with Gasteiger partial charge in [-0.1, -0.05) is 32.1 Å². The van der Waals surface area contributed by atoms with E-state index < -0.39 is 0 Å². The van der Waals surface area contributed by atoms with Gasteiger partial charge in [0.25, 0.3) is 5.91 Å². The van der Waals surface area contributed by atoms with Crippen molar-refractivity contribution in [2.75, 3.05) is 17.2 Å². The molecule has 0 unspecified atom stereocenters. The fraction of sp³-hybridized carbons (Fsp3) is 0.529. The van der Waals surface area contributed by atoms with Crippen molar-refractivity contribution in [3.8, 4) is 5.75 Å². The predicted octanol–water partition coefficient (Wildman–Crippen LogP) is 3.32. The number of hydrogen-bond donors (Lipinski definition) is 2. The summed E-state index contributed by atoms with van der Waals surface area (Å²) >= 11 is 0. The lowest BCUT2D eigenvalue weighted by Crippen LogP contribution is -2.25. The number of ether oxygens (including phenoxy) is 1. The molecule has 0 bridgehead atoms. The van der Waals surface area contributed by atoms with Crippen molar-refractivity contribution in [3.63, 3.8) is 0 Å². The van der Waals surface area contributed by atoms with Gasteiger partial charge in [-0.25, -0.2) is 0 Å². The van der Waals surface area contributed by atoms with Gasteiger partial charge >= 0.3 is 0 Å². The summed E-state index contributed by atoms with van der Waals surface area (Å²) in [4.78, 5) is 23.3. The van der Waals surface area contributed by atoms with Crippen LogP contribution in [0.3, 0.4) is 0 Å². The standard InChI is InChI=1S/C17H22N2O3/c20-16(9-6-12-4-2-1-3-5-12)18-13-7-8-14-15(10-13)22-11-17(21)19-14/h7-8,10,12H,1-6,9,11H2,(H,18,20)(H,19,21). The van der Waals surface area contributed by atoms with Gasteiger partial charge in [0.1, 0.15) is 5.75 Å². The van der Waals surface area contributed by atoms with Crippen LogP contribution in [0.25, 0.3) is 0 Å². The molecule has 1 fully saturated rings. The summed E-state index contributed by atoms with van der Waals surface area (Å²) in [6.45, 7) is 0.0199. The summed E-state index contributed by atoms with van der Waals surface area (Å²) in [6, 6.07) is 5.29. The Morgan fingerprint density at radius 2 is 2.09 bits per heavy atom. The van der Waals surface area contributed by atoms with Gasteiger partial charge in [0.2, 0.25) is 5.91 Å². The number of fused-ring (bicyclic) bond motifs is 1. The molecule has 1 heterocycles. The quantitative estimate of drug-likeness (QED) is 0.896. The van der Waals surface area contributed by atoms with Crippen molar-refractivity contribution in [1.82, 2.24) is 0 Å². The highest BCUT2D eigenvalue weighted by molar-refractivity contribution is 5.97. The third kappa shape index (κ3) is 3.78. The highest BCUT2D eigenvalue weighted by atomic mass is 16.5. The Kier molecular flexibility index (Phi) is 4.61. The third-order valence-corrected chi connectivity index (χ3v) is 4.40. The summed E-state index contributed by atoms with van der Waals surface area (Å²) in [5.74, 6) is 1.20. The minimum absolute atomic E-state index is 0.0199. The first kappa shape index (κ1) is 14.9. The van der Waals surface area contributed by atoms with Gasteiger partial charge < -0.3 is 15.4 Å². The Hall–Kier alpha value is -2.04. The Bertz CT molecular complexity index is 565. The van der Waals surface area contributed by atoms with E-state index in [2.05, 4.69) is 10.6 Å². The number of hydrogen-bond acceptors (Lipinski definition) is 3. The Morgan fingerprint density at radius 1 is 1.27 bits per heavy atom. The van der Waals surface area contributed by atoms with Crippen LogP contribution in [0.1, 0.15) is 44.9 Å². The first-order chi connectivity index (χ1) is 10.7. The SMILES string of the molecule is O=C(CCC1CCCCC1)Nc1ccc2c(c1)OCC(=O)N2. The van der Waals surface area contributed by atoms with Crippen LogP contribution in [0.4, 0.5) is 11.4 Å². The largest absolute Gasteiger partial charge is 0.482 e. The third-order valence-electron chi connectivity index (χ3n) is 4.40. The van der Waals surface area contributed by atoms with Gasteiger partial charge in [-0.2, -0.15) is 0 Å². The number of carbonyl (C=O) groups excluding carboxylic acids is 2. The minimum atomic E-state index is -0.156. The summed E-state index contributed by atoms with van der Waals surface area (Å²) in [5, 5.41) is 5.64. The van der Waals surface area contributed by atoms with Gasteiger partial charge in [0.05, 0.1) is 5.69 Å². The average molecular weight is 302 g/mol. The number of carbonyl (C=O) groups is 2. The normalized spacial score (nSPS) is 18.1. The van der Waals surface area contributed by atoms with Crippen molar-refractivity contribution < 1.29 is 14.3 Å². The van der Waals surface area contributed by atoms with E-state index in [4.69, 9.17) is 4.74 Å². The lowest BCUT2D eigenvalue weighted by Gasteiger charge is -2.21. The van der Waals surface area contributed by atoms with E-state index in [0.717, 1.165) is 6.42 Å². The van der Waals surface area contributed by atoms with E-state index in [1.165, 1.54) is 32.1 Å². The van der Waals surface area contributed by atoms with Crippen molar-refractivity contribution in [2.24, 2.45) is 5.92 Å². The van der Waals surface area contributed by atoms with Crippen LogP contribution in [0, 0.1) is 5.92 Å². The van der Waals surface area contributed by atoms with Crippen molar-refractivity contribution in [2.45, 2.75) is 44.9 Å². The molecule has 2 N–H and O–H groups in total. The Morgan fingerprint density at radius 3 is 2.91 bits per heavy atom. The smallest absolute Gasteiger partial charge is 0.262 e. The topological polar surface area (TPSA) is 67.4 Å². The molecule has 0 spiro atoms. The molecule has 1 aromatic carbocycles. The van der Waals surface area contributed by atoms with Crippen LogP contribution < -0.4 is 15.4 Å². The molecule has 1 saturated carbocycles. The van der Waals surface area contributed by atoms with E-state index in [9.17, 15) is 9.59 Å². The van der Waals surface area contributed by atoms with Crippen molar-refractivity contribution in [1.29, 1.82) is 0 Å². The maximum Gasteiger partial charge on any atom is 0.262 e. The molecule has 118 valence electrons. The average Bonchev–Trinajstić information content (AvgIpc) is 2.54. The maximum atomic E-state index is 12.1. The molecule has 5 nitrogen and oxygen atoms in total. The summed E-state index contributed by atoms with van der Waals surface area (Å²) in [5.41, 5.74) is 1.36. The van der Waals surface area contributed by atoms with E-state index in [1.54, 1.807) is 18.2 Å². The summed E-state index contributed by atoms with van der Waals surface area (Å²) in [6.07, 6.45) is 8.02. The summed E-state index contributed by atoms with van der Waals surface area (Å²) in [7, 11) is 0. The van der Waals surface area contributed by atoms with E-state index in [1.807, 2.05) is 0 Å². The Labute approximate surface area is 130 Å². The van der Waals surface area contributed by atoms with Crippen LogP contribution in [0.2, 0.25) is 0 Å². The second-order valence-corrected chi connectivity index (χ2v) is 6.14. The molecule has 0 aromatic heterocycles. The van der Waals surface area contributed by atoms with Gasteiger partial charge in [0.15, 0.2) is 6.61 Å². The molecular formula is C17H22N2O3. The number of benzene rings is 1. The lowest BCUT2D eigenvalue weighted by molar-refractivity contribution is -0.119. The van der Waals surface area contributed by atoms with Gasteiger partial charge in [-0.15, -0.1) is 0 Å². The second kappa shape index (κ2) is 6.81. The van der Waals surface area contributed by atoms with Crippen molar-refractivity contribution in [3.05, 3.63) is 18.2 Å². The molecule has 0 radical (unpaired) electrons. The highest BCUT2D eigenvalue weighted by Crippen LogP contribution is 2.31. The first-order valence-corrected chi connectivity index (χ1v) is 8.07. The number of amides is 2. The minimum Gasteiger partial charge on any atom is -0.482 e. The number of nitrogens with one attached hydrogen (secondary N) is 2.